The molecule has 5 N–H and O–H groups in total. The van der Waals surface area contributed by atoms with Crippen LogP contribution in [0.15, 0.2) is 6.33 Å². The highest BCUT2D eigenvalue weighted by molar-refractivity contribution is 5.97. The lowest BCUT2D eigenvalue weighted by atomic mass is 10.3. The molecule has 0 fully saturated rings. The third-order valence-corrected chi connectivity index (χ3v) is 1.12. The Hall–Kier alpha value is -1.85. The minimum absolute atomic E-state index is 0.120. The molecule has 0 saturated carbocycles. The molecule has 0 radical (unpaired) electrons. The first-order valence-electron chi connectivity index (χ1n) is 2.72. The van der Waals surface area contributed by atoms with E-state index < -0.39 is 5.97 Å². The molecule has 11 heavy (non-hydrogen) atoms. The third-order valence-electron chi connectivity index (χ3n) is 1.12. The first kappa shape index (κ1) is 7.26. The molecule has 0 bridgehead atoms. The molecule has 6 heteroatoms. The monoisotopic (exact) mass is 154 g/mol. The van der Waals surface area contributed by atoms with Gasteiger partial charge in [-0.2, -0.15) is 0 Å². The van der Waals surface area contributed by atoms with E-state index in [0.717, 1.165) is 6.33 Å². The van der Waals surface area contributed by atoms with Crippen molar-refractivity contribution in [1.82, 2.24) is 9.97 Å². The number of nitrogen functional groups attached to an aromatic ring is 2. The van der Waals surface area contributed by atoms with Crippen LogP contribution in [0.1, 0.15) is 10.4 Å². The average molecular weight is 154 g/mol. The van der Waals surface area contributed by atoms with Crippen LogP contribution in [0.3, 0.4) is 0 Å². The predicted octanol–water partition coefficient (Wildman–Crippen LogP) is -0.661. The van der Waals surface area contributed by atoms with Crippen LogP contribution in [0.25, 0.3) is 0 Å². The van der Waals surface area contributed by atoms with Gasteiger partial charge in [-0.3, -0.25) is 0 Å². The molecule has 0 amide bonds. The molecule has 0 aliphatic carbocycles. The fourth-order valence-corrected chi connectivity index (χ4v) is 0.633. The van der Waals surface area contributed by atoms with Crippen LogP contribution < -0.4 is 11.5 Å². The molecule has 0 atom stereocenters. The van der Waals surface area contributed by atoms with Gasteiger partial charge in [-0.1, -0.05) is 0 Å². The number of hydrogen-bond acceptors (Lipinski definition) is 5. The summed E-state index contributed by atoms with van der Waals surface area (Å²) < 4.78 is 0. The summed E-state index contributed by atoms with van der Waals surface area (Å²) in [6, 6.07) is 0. The smallest absolute Gasteiger partial charge is 0.343 e. The van der Waals surface area contributed by atoms with Crippen molar-refractivity contribution in [3.05, 3.63) is 11.9 Å². The summed E-state index contributed by atoms with van der Waals surface area (Å²) in [5.74, 6) is -1.46. The Balaban J connectivity index is 3.32. The average Bonchev–Trinajstić information content (AvgIpc) is 1.85. The molecule has 58 valence electrons. The van der Waals surface area contributed by atoms with Crippen molar-refractivity contribution in [3.63, 3.8) is 0 Å². The van der Waals surface area contributed by atoms with Gasteiger partial charge in [0.1, 0.15) is 23.5 Å². The van der Waals surface area contributed by atoms with E-state index >= 15 is 0 Å². The van der Waals surface area contributed by atoms with Crippen molar-refractivity contribution >= 4 is 17.6 Å². The summed E-state index contributed by atoms with van der Waals surface area (Å²) in [5.41, 5.74) is 10.2. The quantitative estimate of drug-likeness (QED) is 0.494. The summed E-state index contributed by atoms with van der Waals surface area (Å²) in [4.78, 5) is 17.3. The number of aromatic nitrogens is 2. The van der Waals surface area contributed by atoms with Crippen molar-refractivity contribution in [1.29, 1.82) is 0 Å². The molecule has 0 aromatic carbocycles. The second-order valence-corrected chi connectivity index (χ2v) is 1.82. The van der Waals surface area contributed by atoms with E-state index in [1.807, 2.05) is 0 Å². The number of carboxylic acid groups (broad SMARTS) is 1. The first-order valence-corrected chi connectivity index (χ1v) is 2.72. The minimum atomic E-state index is -1.22. The zero-order valence-electron chi connectivity index (χ0n) is 5.48. The van der Waals surface area contributed by atoms with Gasteiger partial charge in [0.15, 0.2) is 0 Å². The number of aromatic carboxylic acids is 1. The molecule has 6 nitrogen and oxygen atoms in total. The van der Waals surface area contributed by atoms with E-state index in [4.69, 9.17) is 16.6 Å². The number of nitrogens with zero attached hydrogens (tertiary/aromatic N) is 2. The summed E-state index contributed by atoms with van der Waals surface area (Å²) in [5, 5.41) is 8.51. The third kappa shape index (κ3) is 1.18. The van der Waals surface area contributed by atoms with Gasteiger partial charge in [0.2, 0.25) is 0 Å². The van der Waals surface area contributed by atoms with Crippen LogP contribution in [0, 0.1) is 0 Å². The Morgan fingerprint density at radius 1 is 1.36 bits per heavy atom. The fourth-order valence-electron chi connectivity index (χ4n) is 0.633. The number of carbonyl (C=O) groups is 1. The zero-order valence-corrected chi connectivity index (χ0v) is 5.48. The Kier molecular flexibility index (Phi) is 1.59. The van der Waals surface area contributed by atoms with E-state index in [0.29, 0.717) is 0 Å². The van der Waals surface area contributed by atoms with E-state index in [9.17, 15) is 4.79 Å². The molecule has 0 spiro atoms. The van der Waals surface area contributed by atoms with Gasteiger partial charge in [0.25, 0.3) is 0 Å². The molecule has 1 aromatic heterocycles. The van der Waals surface area contributed by atoms with E-state index in [1.54, 1.807) is 0 Å². The summed E-state index contributed by atoms with van der Waals surface area (Å²) >= 11 is 0. The van der Waals surface area contributed by atoms with Crippen LogP contribution in [-0.4, -0.2) is 21.0 Å². The zero-order chi connectivity index (χ0) is 8.43. The van der Waals surface area contributed by atoms with Crippen molar-refractivity contribution in [2.45, 2.75) is 0 Å². The number of hydrogen-bond donors (Lipinski definition) is 3. The molecule has 0 saturated heterocycles. The number of anilines is 2. The number of carboxylic acids is 1. The topological polar surface area (TPSA) is 115 Å². The first-order chi connectivity index (χ1) is 5.13. The highest BCUT2D eigenvalue weighted by Crippen LogP contribution is 2.12. The van der Waals surface area contributed by atoms with Gasteiger partial charge in [-0.15, -0.1) is 0 Å². The van der Waals surface area contributed by atoms with Crippen molar-refractivity contribution in [3.8, 4) is 0 Å². The van der Waals surface area contributed by atoms with Gasteiger partial charge in [-0.05, 0) is 0 Å². The van der Waals surface area contributed by atoms with Crippen LogP contribution >= 0.6 is 0 Å². The summed E-state index contributed by atoms with van der Waals surface area (Å²) in [7, 11) is 0. The standard InChI is InChI=1S/C5H6N4O2/c6-3-2(5(10)11)4(7)9-1-8-3/h1H,(H,10,11)(H4,6,7,8,9). The summed E-state index contributed by atoms with van der Waals surface area (Å²) in [6.07, 6.45) is 1.11. The van der Waals surface area contributed by atoms with Crippen LogP contribution in [0.2, 0.25) is 0 Å². The largest absolute Gasteiger partial charge is 0.477 e. The minimum Gasteiger partial charge on any atom is -0.477 e. The van der Waals surface area contributed by atoms with Crippen LogP contribution in [-0.2, 0) is 0 Å². The van der Waals surface area contributed by atoms with Crippen molar-refractivity contribution in [2.24, 2.45) is 0 Å². The maximum absolute atomic E-state index is 10.4. The van der Waals surface area contributed by atoms with Crippen molar-refractivity contribution in [2.75, 3.05) is 11.5 Å². The molecule has 0 aliphatic rings. The van der Waals surface area contributed by atoms with Gasteiger partial charge in [0, 0.05) is 0 Å². The molecule has 0 unspecified atom stereocenters. The van der Waals surface area contributed by atoms with Gasteiger partial charge < -0.3 is 16.6 Å². The predicted molar refractivity (Wildman–Crippen MR) is 37.8 cm³/mol. The molecule has 1 rings (SSSR count). The second kappa shape index (κ2) is 2.41. The van der Waals surface area contributed by atoms with Crippen LogP contribution in [0.4, 0.5) is 11.6 Å². The number of nitrogens with two attached hydrogens (primary N) is 2. The maximum atomic E-state index is 10.4. The lowest BCUT2D eigenvalue weighted by Gasteiger charge is -1.99. The second-order valence-electron chi connectivity index (χ2n) is 1.82. The molecule has 1 aromatic rings. The Labute approximate surface area is 61.9 Å². The molecular formula is C5H6N4O2. The summed E-state index contributed by atoms with van der Waals surface area (Å²) in [6.45, 7) is 0. The van der Waals surface area contributed by atoms with Gasteiger partial charge in [-0.25, -0.2) is 14.8 Å². The number of rotatable bonds is 1. The Morgan fingerprint density at radius 2 is 1.82 bits per heavy atom. The van der Waals surface area contributed by atoms with Gasteiger partial charge >= 0.3 is 5.97 Å². The van der Waals surface area contributed by atoms with E-state index in [-0.39, 0.29) is 17.2 Å². The van der Waals surface area contributed by atoms with Crippen molar-refractivity contribution < 1.29 is 9.90 Å². The molecule has 1 heterocycles. The highest BCUT2D eigenvalue weighted by atomic mass is 16.4. The normalized spacial score (nSPS) is 9.45. The van der Waals surface area contributed by atoms with Gasteiger partial charge in [0.05, 0.1) is 0 Å². The lowest BCUT2D eigenvalue weighted by Crippen LogP contribution is -2.09. The Bertz CT molecular complexity index is 278. The maximum Gasteiger partial charge on any atom is 0.343 e. The van der Waals surface area contributed by atoms with Crippen LogP contribution in [0.5, 0.6) is 0 Å². The molecular weight excluding hydrogens is 148 g/mol. The van der Waals surface area contributed by atoms with E-state index in [2.05, 4.69) is 9.97 Å². The molecule has 0 aliphatic heterocycles. The highest BCUT2D eigenvalue weighted by Gasteiger charge is 2.13. The van der Waals surface area contributed by atoms with E-state index in [1.165, 1.54) is 0 Å². The lowest BCUT2D eigenvalue weighted by molar-refractivity contribution is 0.0698. The SMILES string of the molecule is Nc1ncnc(N)c1C(=O)O. The fraction of sp³-hybridized carbons (Fsp3) is 0. The Morgan fingerprint density at radius 3 is 2.09 bits per heavy atom.